The van der Waals surface area contributed by atoms with Crippen LogP contribution in [-0.2, 0) is 27.1 Å². The number of aliphatic carboxylic acids is 2. The number of hydrogen-bond acceptors (Lipinski definition) is 3. The van der Waals surface area contributed by atoms with Crippen LogP contribution >= 0.6 is 0 Å². The summed E-state index contributed by atoms with van der Waals surface area (Å²) < 4.78 is 40.5. The van der Waals surface area contributed by atoms with E-state index in [2.05, 4.69) is 0 Å². The van der Waals surface area contributed by atoms with Gasteiger partial charge in [0.05, 0.1) is 17.9 Å². The second-order valence-corrected chi connectivity index (χ2v) is 12.3. The van der Waals surface area contributed by atoms with Gasteiger partial charge >= 0.3 is 18.1 Å². The summed E-state index contributed by atoms with van der Waals surface area (Å²) in [6, 6.07) is 31.6. The van der Waals surface area contributed by atoms with Crippen molar-refractivity contribution in [1.29, 1.82) is 0 Å². The Morgan fingerprint density at radius 1 is 0.755 bits per heavy atom. The van der Waals surface area contributed by atoms with Crippen molar-refractivity contribution in [3.05, 3.63) is 138 Å². The molecule has 0 aliphatic carbocycles. The molecule has 0 saturated carbocycles. The monoisotopic (exact) mass is 667 g/mol. The number of nitrogens with zero attached hydrogens (tertiary/aromatic N) is 1. The minimum absolute atomic E-state index is 0.0791. The normalized spacial score (nSPS) is 13.7. The summed E-state index contributed by atoms with van der Waals surface area (Å²) in [5.41, 5.74) is 1.47. The number of carbonyl (C=O) groups is 3. The van der Waals surface area contributed by atoms with Crippen molar-refractivity contribution >= 4 is 45.5 Å². The van der Waals surface area contributed by atoms with Gasteiger partial charge in [0.1, 0.15) is 0 Å². The van der Waals surface area contributed by atoms with Crippen LogP contribution in [0, 0.1) is 5.92 Å². The van der Waals surface area contributed by atoms with Crippen LogP contribution in [0.2, 0.25) is 0 Å². The topological polar surface area (TPSA) is 94.9 Å². The molecular formula is C40H36F3NO5. The minimum Gasteiger partial charge on any atom is -0.481 e. The summed E-state index contributed by atoms with van der Waals surface area (Å²) in [4.78, 5) is 38.9. The van der Waals surface area contributed by atoms with Crippen molar-refractivity contribution in [2.24, 2.45) is 5.92 Å². The summed E-state index contributed by atoms with van der Waals surface area (Å²) in [5, 5.41) is 23.1. The second-order valence-electron chi connectivity index (χ2n) is 12.3. The highest BCUT2D eigenvalue weighted by Gasteiger charge is 2.34. The van der Waals surface area contributed by atoms with Crippen molar-refractivity contribution in [2.45, 2.75) is 50.9 Å². The highest BCUT2D eigenvalue weighted by molar-refractivity contribution is 5.86. The van der Waals surface area contributed by atoms with Crippen LogP contribution in [0.3, 0.4) is 0 Å². The van der Waals surface area contributed by atoms with Gasteiger partial charge in [-0.1, -0.05) is 97.1 Å². The Morgan fingerprint density at radius 3 is 1.94 bits per heavy atom. The molecule has 9 heteroatoms. The first kappa shape index (κ1) is 34.9. The third-order valence-corrected chi connectivity index (χ3v) is 8.89. The Balaban J connectivity index is 1.51. The number of carboxylic acids is 2. The van der Waals surface area contributed by atoms with Crippen LogP contribution in [0.1, 0.15) is 54.4 Å². The lowest BCUT2D eigenvalue weighted by Gasteiger charge is -2.36. The maximum atomic E-state index is 14.0. The van der Waals surface area contributed by atoms with Gasteiger partial charge < -0.3 is 15.1 Å². The van der Waals surface area contributed by atoms with Crippen LogP contribution < -0.4 is 0 Å². The quantitative estimate of drug-likeness (QED) is 0.131. The fourth-order valence-corrected chi connectivity index (χ4v) is 6.19. The van der Waals surface area contributed by atoms with Gasteiger partial charge in [-0.2, -0.15) is 13.2 Å². The third-order valence-electron chi connectivity index (χ3n) is 8.89. The summed E-state index contributed by atoms with van der Waals surface area (Å²) in [6.45, 7) is 1.87. The number of amides is 1. The van der Waals surface area contributed by atoms with Gasteiger partial charge in [0.15, 0.2) is 0 Å². The number of rotatable bonds is 13. The standard InChI is InChI=1S/C40H36F3NO5/c1-26(44(37(45)23-34(39(48)49)24-38(46)47)25-28-14-16-30-9-3-5-11-33(30)22-28)36(31-17-19-35(20-18-31)40(41,42)43)12-6-7-27-13-15-29-8-2-4-10-32(29)21-27/h2-11,13-22,26,34,36H,12,23-25H2,1H3,(H,46,47)(H,48,49)/b7-6+. The van der Waals surface area contributed by atoms with Gasteiger partial charge in [0.2, 0.25) is 5.91 Å². The molecule has 1 amide bonds. The molecule has 0 fully saturated rings. The van der Waals surface area contributed by atoms with Crippen LogP contribution in [0.25, 0.3) is 27.6 Å². The molecule has 0 saturated heterocycles. The molecule has 3 unspecified atom stereocenters. The van der Waals surface area contributed by atoms with Crippen molar-refractivity contribution < 1.29 is 37.8 Å². The van der Waals surface area contributed by atoms with E-state index in [1.807, 2.05) is 97.1 Å². The van der Waals surface area contributed by atoms with E-state index in [9.17, 15) is 37.8 Å². The zero-order chi connectivity index (χ0) is 35.1. The summed E-state index contributed by atoms with van der Waals surface area (Å²) in [5.74, 6) is -5.24. The number of benzene rings is 5. The van der Waals surface area contributed by atoms with E-state index in [1.54, 1.807) is 6.92 Å². The molecule has 0 aromatic heterocycles. The second kappa shape index (κ2) is 15.2. The summed E-state index contributed by atoms with van der Waals surface area (Å²) in [7, 11) is 0. The van der Waals surface area contributed by atoms with Gasteiger partial charge in [-0.3, -0.25) is 14.4 Å². The van der Waals surface area contributed by atoms with Gasteiger partial charge in [-0.15, -0.1) is 0 Å². The first-order valence-corrected chi connectivity index (χ1v) is 15.9. The van der Waals surface area contributed by atoms with E-state index in [0.29, 0.717) is 12.0 Å². The minimum atomic E-state index is -4.52. The predicted molar refractivity (Wildman–Crippen MR) is 184 cm³/mol. The van der Waals surface area contributed by atoms with Gasteiger partial charge in [-0.25, -0.2) is 0 Å². The zero-order valence-corrected chi connectivity index (χ0v) is 26.8. The smallest absolute Gasteiger partial charge is 0.416 e. The van der Waals surface area contributed by atoms with Crippen molar-refractivity contribution in [1.82, 2.24) is 4.90 Å². The molecule has 0 bridgehead atoms. The van der Waals surface area contributed by atoms with E-state index >= 15 is 0 Å². The molecule has 0 radical (unpaired) electrons. The van der Waals surface area contributed by atoms with Gasteiger partial charge in [-0.05, 0) is 75.8 Å². The van der Waals surface area contributed by atoms with Crippen LogP contribution in [-0.4, -0.2) is 39.0 Å². The molecule has 5 aromatic carbocycles. The van der Waals surface area contributed by atoms with Gasteiger partial charge in [0.25, 0.3) is 0 Å². The van der Waals surface area contributed by atoms with Crippen LogP contribution in [0.15, 0.2) is 115 Å². The Morgan fingerprint density at radius 2 is 1.35 bits per heavy atom. The van der Waals surface area contributed by atoms with Crippen LogP contribution in [0.4, 0.5) is 13.2 Å². The predicted octanol–water partition coefficient (Wildman–Crippen LogP) is 9.18. The molecule has 3 atom stereocenters. The van der Waals surface area contributed by atoms with E-state index in [1.165, 1.54) is 17.0 Å². The Kier molecular flexibility index (Phi) is 10.8. The molecule has 6 nitrogen and oxygen atoms in total. The average molecular weight is 668 g/mol. The van der Waals surface area contributed by atoms with E-state index in [-0.39, 0.29) is 6.54 Å². The first-order chi connectivity index (χ1) is 23.4. The zero-order valence-electron chi connectivity index (χ0n) is 26.8. The SMILES string of the molecule is CC(C(C/C=C/c1ccc2ccccc2c1)c1ccc(C(F)(F)F)cc1)N(Cc1ccc2ccccc2c1)C(=O)CC(CC(=O)O)C(=O)O. The lowest BCUT2D eigenvalue weighted by Crippen LogP contribution is -2.43. The Labute approximate surface area is 282 Å². The molecule has 5 rings (SSSR count). The van der Waals surface area contributed by atoms with Gasteiger partial charge in [0, 0.05) is 24.9 Å². The average Bonchev–Trinajstić information content (AvgIpc) is 3.07. The lowest BCUT2D eigenvalue weighted by atomic mass is 9.86. The van der Waals surface area contributed by atoms with E-state index < -0.39 is 60.3 Å². The molecule has 0 heterocycles. The number of allylic oxidation sites excluding steroid dienone is 1. The molecule has 5 aromatic rings. The molecule has 0 aliphatic rings. The third kappa shape index (κ3) is 8.93. The maximum absolute atomic E-state index is 14.0. The maximum Gasteiger partial charge on any atom is 0.416 e. The fourth-order valence-electron chi connectivity index (χ4n) is 6.19. The molecule has 2 N–H and O–H groups in total. The van der Waals surface area contributed by atoms with Crippen LogP contribution in [0.5, 0.6) is 0 Å². The lowest BCUT2D eigenvalue weighted by molar-refractivity contribution is -0.151. The Hall–Kier alpha value is -5.44. The van der Waals surface area contributed by atoms with Crippen molar-refractivity contribution in [3.63, 3.8) is 0 Å². The Bertz CT molecular complexity index is 1990. The largest absolute Gasteiger partial charge is 0.481 e. The fraction of sp³-hybridized carbons (Fsp3) is 0.225. The number of fused-ring (bicyclic) bond motifs is 2. The highest BCUT2D eigenvalue weighted by Crippen LogP contribution is 2.34. The highest BCUT2D eigenvalue weighted by atomic mass is 19.4. The van der Waals surface area contributed by atoms with Crippen molar-refractivity contribution in [2.75, 3.05) is 0 Å². The number of alkyl halides is 3. The van der Waals surface area contributed by atoms with Crippen molar-refractivity contribution in [3.8, 4) is 0 Å². The molecular weight excluding hydrogens is 631 g/mol. The number of carboxylic acid groups (broad SMARTS) is 2. The summed E-state index contributed by atoms with van der Waals surface area (Å²) >= 11 is 0. The molecule has 252 valence electrons. The molecule has 0 aliphatic heterocycles. The van der Waals surface area contributed by atoms with E-state index in [4.69, 9.17) is 0 Å². The first-order valence-electron chi connectivity index (χ1n) is 15.9. The van der Waals surface area contributed by atoms with E-state index in [0.717, 1.165) is 44.8 Å². The number of carbonyl (C=O) groups excluding carboxylic acids is 1. The number of halogens is 3. The molecule has 49 heavy (non-hydrogen) atoms. The number of hydrogen-bond donors (Lipinski definition) is 2. The summed E-state index contributed by atoms with van der Waals surface area (Å²) in [6.07, 6.45) is -1.60. The molecule has 0 spiro atoms.